The number of allylic oxidation sites excluding steroid dienone is 1. The molecule has 3 aromatic rings. The number of nitro groups is 1. The minimum Gasteiger partial charge on any atom is -0.462 e. The van der Waals surface area contributed by atoms with Crippen LogP contribution in [0, 0.1) is 15.9 Å². The highest BCUT2D eigenvalue weighted by Gasteiger charge is 2.08. The highest BCUT2D eigenvalue weighted by molar-refractivity contribution is 5.89. The second-order valence-electron chi connectivity index (χ2n) is 6.37. The van der Waals surface area contributed by atoms with Crippen molar-refractivity contribution >= 4 is 22.9 Å². The average Bonchev–Trinajstić information content (AvgIpc) is 3.07. The van der Waals surface area contributed by atoms with Crippen LogP contribution in [0.1, 0.15) is 29.3 Å². The highest BCUT2D eigenvalue weighted by atomic mass is 19.1. The second-order valence-corrected chi connectivity index (χ2v) is 6.37. The Bertz CT molecular complexity index is 1040. The van der Waals surface area contributed by atoms with Gasteiger partial charge in [0, 0.05) is 36.6 Å². The third-order valence-corrected chi connectivity index (χ3v) is 4.32. The van der Waals surface area contributed by atoms with Crippen molar-refractivity contribution in [1.82, 2.24) is 4.57 Å². The molecular weight excluding hydrogens is 363 g/mol. The van der Waals surface area contributed by atoms with Crippen molar-refractivity contribution in [2.24, 2.45) is 0 Å². The summed E-state index contributed by atoms with van der Waals surface area (Å²) in [4.78, 5) is 22.2. The average molecular weight is 382 g/mol. The third-order valence-electron chi connectivity index (χ3n) is 4.32. The number of aromatic nitrogens is 1. The molecule has 0 aliphatic carbocycles. The number of fused-ring (bicyclic) bond motifs is 1. The van der Waals surface area contributed by atoms with E-state index in [2.05, 4.69) is 0 Å². The van der Waals surface area contributed by atoms with E-state index >= 15 is 0 Å². The lowest BCUT2D eigenvalue weighted by Crippen LogP contribution is -2.08. The van der Waals surface area contributed by atoms with E-state index in [0.717, 1.165) is 16.5 Å². The van der Waals surface area contributed by atoms with Crippen LogP contribution in [0.25, 0.3) is 17.0 Å². The van der Waals surface area contributed by atoms with E-state index in [1.165, 1.54) is 37.3 Å². The Morgan fingerprint density at radius 1 is 1.21 bits per heavy atom. The van der Waals surface area contributed by atoms with E-state index in [1.807, 2.05) is 35.0 Å². The van der Waals surface area contributed by atoms with Crippen LogP contribution in [-0.2, 0) is 11.3 Å². The molecule has 1 heterocycles. The lowest BCUT2D eigenvalue weighted by Gasteiger charge is -2.07. The van der Waals surface area contributed by atoms with Crippen molar-refractivity contribution < 1.29 is 18.8 Å². The molecule has 0 fully saturated rings. The monoisotopic (exact) mass is 382 g/mol. The van der Waals surface area contributed by atoms with Gasteiger partial charge in [-0.05, 0) is 54.4 Å². The van der Waals surface area contributed by atoms with E-state index in [-0.39, 0.29) is 12.3 Å². The number of aryl methyl sites for hydroxylation is 1. The molecule has 0 aliphatic rings. The summed E-state index contributed by atoms with van der Waals surface area (Å²) < 4.78 is 20.1. The first-order valence-corrected chi connectivity index (χ1v) is 8.78. The van der Waals surface area contributed by atoms with Crippen molar-refractivity contribution in [3.63, 3.8) is 0 Å². The molecule has 1 aromatic heterocycles. The topological polar surface area (TPSA) is 74.4 Å². The summed E-state index contributed by atoms with van der Waals surface area (Å²) in [6.45, 7) is 2.37. The van der Waals surface area contributed by atoms with Gasteiger partial charge in [-0.15, -0.1) is 0 Å². The Labute approximate surface area is 161 Å². The molecule has 0 amide bonds. The molecule has 0 saturated carbocycles. The number of benzene rings is 2. The third kappa shape index (κ3) is 4.62. The molecule has 0 bridgehead atoms. The van der Waals surface area contributed by atoms with Crippen LogP contribution in [0.3, 0.4) is 0 Å². The van der Waals surface area contributed by atoms with Crippen molar-refractivity contribution in [1.29, 1.82) is 0 Å². The molecule has 0 radical (unpaired) electrons. The van der Waals surface area contributed by atoms with Gasteiger partial charge in [0.2, 0.25) is 5.70 Å². The molecule has 7 heteroatoms. The molecule has 0 saturated heterocycles. The van der Waals surface area contributed by atoms with Gasteiger partial charge in [0.05, 0.1) is 17.1 Å². The normalized spacial score (nSPS) is 11.6. The van der Waals surface area contributed by atoms with Crippen LogP contribution in [-0.4, -0.2) is 22.1 Å². The number of carbonyl (C=O) groups is 1. The second kappa shape index (κ2) is 8.47. The van der Waals surface area contributed by atoms with Gasteiger partial charge in [-0.2, -0.15) is 0 Å². The molecule has 0 atom stereocenters. The molecular formula is C21H19FN2O4. The first-order valence-electron chi connectivity index (χ1n) is 8.78. The zero-order chi connectivity index (χ0) is 20.1. The Kier molecular flexibility index (Phi) is 5.84. The molecule has 0 spiro atoms. The first kappa shape index (κ1) is 19.3. The molecule has 3 rings (SSSR count). The van der Waals surface area contributed by atoms with Crippen molar-refractivity contribution in [2.45, 2.75) is 19.9 Å². The fourth-order valence-electron chi connectivity index (χ4n) is 2.87. The van der Waals surface area contributed by atoms with Crippen molar-refractivity contribution in [2.75, 3.05) is 6.61 Å². The van der Waals surface area contributed by atoms with Gasteiger partial charge in [-0.1, -0.05) is 6.07 Å². The molecule has 6 nitrogen and oxygen atoms in total. The number of hydrogen-bond donors (Lipinski definition) is 0. The minimum absolute atomic E-state index is 0.0850. The highest BCUT2D eigenvalue weighted by Crippen LogP contribution is 2.20. The van der Waals surface area contributed by atoms with Gasteiger partial charge in [0.15, 0.2) is 0 Å². The van der Waals surface area contributed by atoms with E-state index in [9.17, 15) is 19.3 Å². The minimum atomic E-state index is -0.477. The molecule has 144 valence electrons. The largest absolute Gasteiger partial charge is 0.462 e. The maximum atomic E-state index is 12.9. The summed E-state index contributed by atoms with van der Waals surface area (Å²) in [5.74, 6) is -0.877. The number of carbonyl (C=O) groups excluding carboxylic acids is 1. The number of nitrogens with zero attached hydrogens (tertiary/aromatic N) is 2. The lowest BCUT2D eigenvalue weighted by atomic mass is 10.1. The Morgan fingerprint density at radius 3 is 2.68 bits per heavy atom. The summed E-state index contributed by atoms with van der Waals surface area (Å²) >= 11 is 0. The van der Waals surface area contributed by atoms with E-state index < -0.39 is 16.7 Å². The molecule has 0 aliphatic heterocycles. The van der Waals surface area contributed by atoms with Crippen LogP contribution in [0.15, 0.2) is 60.4 Å². The standard InChI is InChI=1S/C21H19FN2O4/c1-15(24(26)27)13-16-3-8-20-18(14-16)9-11-23(20)10-2-12-28-21(25)17-4-6-19(22)7-5-17/h3-9,11,13-14H,2,10,12H2,1H3. The van der Waals surface area contributed by atoms with Crippen LogP contribution in [0.2, 0.25) is 0 Å². The summed E-state index contributed by atoms with van der Waals surface area (Å²) in [6.07, 6.45) is 4.09. The van der Waals surface area contributed by atoms with E-state index in [4.69, 9.17) is 4.74 Å². The number of halogens is 1. The van der Waals surface area contributed by atoms with Crippen LogP contribution >= 0.6 is 0 Å². The fraction of sp³-hybridized carbons (Fsp3) is 0.190. The quantitative estimate of drug-likeness (QED) is 0.258. The van der Waals surface area contributed by atoms with E-state index in [0.29, 0.717) is 18.5 Å². The first-order chi connectivity index (χ1) is 13.4. The van der Waals surface area contributed by atoms with Crippen LogP contribution < -0.4 is 0 Å². The zero-order valence-corrected chi connectivity index (χ0v) is 15.3. The predicted octanol–water partition coefficient (Wildman–Crippen LogP) is 4.67. The number of ether oxygens (including phenoxy) is 1. The van der Waals surface area contributed by atoms with Crippen LogP contribution in [0.4, 0.5) is 4.39 Å². The summed E-state index contributed by atoms with van der Waals surface area (Å²) in [5.41, 5.74) is 2.17. The SMILES string of the molecule is CC(=Cc1ccc2c(ccn2CCCOC(=O)c2ccc(F)cc2)c1)[N+](=O)[O-]. The van der Waals surface area contributed by atoms with Crippen molar-refractivity contribution in [3.8, 4) is 0 Å². The van der Waals surface area contributed by atoms with Gasteiger partial charge in [0.25, 0.3) is 0 Å². The van der Waals surface area contributed by atoms with Gasteiger partial charge < -0.3 is 9.30 Å². The van der Waals surface area contributed by atoms with E-state index in [1.54, 1.807) is 0 Å². The predicted molar refractivity (Wildman–Crippen MR) is 104 cm³/mol. The zero-order valence-electron chi connectivity index (χ0n) is 15.3. The smallest absolute Gasteiger partial charge is 0.338 e. The maximum absolute atomic E-state index is 12.9. The number of hydrogen-bond acceptors (Lipinski definition) is 4. The van der Waals surface area contributed by atoms with Gasteiger partial charge >= 0.3 is 5.97 Å². The molecule has 2 aromatic carbocycles. The number of rotatable bonds is 7. The number of esters is 1. The molecule has 0 unspecified atom stereocenters. The molecule has 0 N–H and O–H groups in total. The Balaban J connectivity index is 1.57. The van der Waals surface area contributed by atoms with Gasteiger partial charge in [-0.25, -0.2) is 9.18 Å². The summed E-state index contributed by atoms with van der Waals surface area (Å²) in [5, 5.41) is 11.7. The van der Waals surface area contributed by atoms with Crippen molar-refractivity contribution in [3.05, 3.63) is 87.5 Å². The van der Waals surface area contributed by atoms with Crippen LogP contribution in [0.5, 0.6) is 0 Å². The fourth-order valence-corrected chi connectivity index (χ4v) is 2.87. The Morgan fingerprint density at radius 2 is 1.96 bits per heavy atom. The van der Waals surface area contributed by atoms with Gasteiger partial charge in [-0.3, -0.25) is 10.1 Å². The summed E-state index contributed by atoms with van der Waals surface area (Å²) in [6, 6.07) is 12.8. The molecule has 28 heavy (non-hydrogen) atoms. The lowest BCUT2D eigenvalue weighted by molar-refractivity contribution is -0.422. The summed E-state index contributed by atoms with van der Waals surface area (Å²) in [7, 11) is 0. The maximum Gasteiger partial charge on any atom is 0.338 e. The van der Waals surface area contributed by atoms with Gasteiger partial charge in [0.1, 0.15) is 5.82 Å². The Hall–Kier alpha value is -3.48.